The molecule has 0 heterocycles. The summed E-state index contributed by atoms with van der Waals surface area (Å²) in [4.78, 5) is 0. The molecule has 142 valence electrons. The lowest BCUT2D eigenvalue weighted by Crippen LogP contribution is -2.17. The Balaban J connectivity index is 1.88. The fourth-order valence-corrected chi connectivity index (χ4v) is 3.15. The maximum atomic E-state index is 12.7. The van der Waals surface area contributed by atoms with Crippen molar-refractivity contribution < 1.29 is 17.9 Å². The van der Waals surface area contributed by atoms with E-state index in [4.69, 9.17) is 16.3 Å². The van der Waals surface area contributed by atoms with Crippen LogP contribution < -0.4 is 5.32 Å². The summed E-state index contributed by atoms with van der Waals surface area (Å²) in [5.74, 6) is 0. The van der Waals surface area contributed by atoms with Crippen molar-refractivity contribution in [1.29, 1.82) is 0 Å². The Hall–Kier alpha value is -1.56. The average Bonchev–Trinajstić information content (AvgIpc) is 2.61. The van der Waals surface area contributed by atoms with Gasteiger partial charge in [-0.15, -0.1) is 0 Å². The molecule has 6 heteroatoms. The van der Waals surface area contributed by atoms with Crippen LogP contribution in [0.2, 0.25) is 5.02 Å². The summed E-state index contributed by atoms with van der Waals surface area (Å²) < 4.78 is 43.6. The molecule has 0 spiro atoms. The number of rotatable bonds is 8. The fourth-order valence-electron chi connectivity index (χ4n) is 2.82. The monoisotopic (exact) mass is 385 g/mol. The molecule has 0 saturated carbocycles. The van der Waals surface area contributed by atoms with Gasteiger partial charge in [-0.1, -0.05) is 48.9 Å². The minimum atomic E-state index is -4.31. The highest BCUT2D eigenvalue weighted by Gasteiger charge is 2.30. The summed E-state index contributed by atoms with van der Waals surface area (Å²) in [6.07, 6.45) is -2.96. The highest BCUT2D eigenvalue weighted by Crippen LogP contribution is 2.30. The number of methoxy groups -OCH3 is 1. The molecule has 0 amide bonds. The Morgan fingerprint density at radius 3 is 2.50 bits per heavy atom. The van der Waals surface area contributed by atoms with E-state index in [-0.39, 0.29) is 6.10 Å². The molecule has 0 bridgehead atoms. The molecule has 2 rings (SSSR count). The van der Waals surface area contributed by atoms with E-state index in [1.807, 2.05) is 25.1 Å². The predicted octanol–water partition coefficient (Wildman–Crippen LogP) is 5.79. The predicted molar refractivity (Wildman–Crippen MR) is 98.3 cm³/mol. The first-order chi connectivity index (χ1) is 12.3. The average molecular weight is 386 g/mol. The summed E-state index contributed by atoms with van der Waals surface area (Å²) in [6, 6.07) is 11.3. The van der Waals surface area contributed by atoms with Crippen LogP contribution in [0.3, 0.4) is 0 Å². The van der Waals surface area contributed by atoms with Gasteiger partial charge in [0.2, 0.25) is 0 Å². The van der Waals surface area contributed by atoms with E-state index in [9.17, 15) is 13.2 Å². The highest BCUT2D eigenvalue weighted by molar-refractivity contribution is 6.31. The Morgan fingerprint density at radius 2 is 1.88 bits per heavy atom. The number of ether oxygens (including phenoxy) is 1. The summed E-state index contributed by atoms with van der Waals surface area (Å²) in [5, 5.41) is 3.90. The second kappa shape index (κ2) is 9.40. The molecule has 2 aromatic carbocycles. The van der Waals surface area contributed by atoms with E-state index < -0.39 is 11.7 Å². The Kier molecular flexibility index (Phi) is 7.50. The van der Waals surface area contributed by atoms with Gasteiger partial charge in [-0.05, 0) is 48.2 Å². The third-order valence-corrected chi connectivity index (χ3v) is 4.57. The number of benzene rings is 2. The summed E-state index contributed by atoms with van der Waals surface area (Å²) in [5.41, 5.74) is 2.03. The largest absolute Gasteiger partial charge is 0.416 e. The Morgan fingerprint density at radius 1 is 1.12 bits per heavy atom. The van der Waals surface area contributed by atoms with E-state index in [0.29, 0.717) is 30.1 Å². The van der Waals surface area contributed by atoms with Crippen LogP contribution in [0.1, 0.15) is 41.7 Å². The molecule has 2 aromatic rings. The van der Waals surface area contributed by atoms with Gasteiger partial charge < -0.3 is 10.1 Å². The highest BCUT2D eigenvalue weighted by atomic mass is 35.5. The van der Waals surface area contributed by atoms with Gasteiger partial charge >= 0.3 is 6.18 Å². The molecule has 26 heavy (non-hydrogen) atoms. The van der Waals surface area contributed by atoms with Gasteiger partial charge in [0.1, 0.15) is 0 Å². The lowest BCUT2D eigenvalue weighted by Gasteiger charge is -2.16. The molecule has 0 aliphatic heterocycles. The molecular weight excluding hydrogens is 363 g/mol. The third-order valence-electron chi connectivity index (χ3n) is 4.24. The number of halogens is 4. The maximum Gasteiger partial charge on any atom is 0.416 e. The number of hydrogen-bond donors (Lipinski definition) is 1. The quantitative estimate of drug-likeness (QED) is 0.581. The smallest absolute Gasteiger partial charge is 0.377 e. The van der Waals surface area contributed by atoms with Crippen LogP contribution in [0.5, 0.6) is 0 Å². The minimum absolute atomic E-state index is 0.0228. The van der Waals surface area contributed by atoms with E-state index >= 15 is 0 Å². The van der Waals surface area contributed by atoms with Crippen molar-refractivity contribution in [2.75, 3.05) is 13.7 Å². The number of nitrogens with one attached hydrogen (secondary N) is 1. The lowest BCUT2D eigenvalue weighted by atomic mass is 10.0. The van der Waals surface area contributed by atoms with Crippen molar-refractivity contribution >= 4 is 11.6 Å². The van der Waals surface area contributed by atoms with E-state index in [1.54, 1.807) is 13.2 Å². The zero-order chi connectivity index (χ0) is 19.2. The first-order valence-electron chi connectivity index (χ1n) is 8.53. The molecule has 0 fully saturated rings. The van der Waals surface area contributed by atoms with Gasteiger partial charge in [0.15, 0.2) is 0 Å². The molecule has 1 atom stereocenters. The van der Waals surface area contributed by atoms with Gasteiger partial charge in [0, 0.05) is 18.7 Å². The molecule has 1 N–H and O–H groups in total. The minimum Gasteiger partial charge on any atom is -0.377 e. The second-order valence-electron chi connectivity index (χ2n) is 6.11. The normalized spacial score (nSPS) is 13.0. The molecule has 0 aliphatic rings. The first kappa shape index (κ1) is 20.7. The zero-order valence-electron chi connectivity index (χ0n) is 14.9. The van der Waals surface area contributed by atoms with Crippen LogP contribution in [0.25, 0.3) is 0 Å². The topological polar surface area (TPSA) is 21.3 Å². The van der Waals surface area contributed by atoms with Crippen molar-refractivity contribution in [2.24, 2.45) is 0 Å². The number of alkyl halides is 3. The molecule has 1 unspecified atom stereocenters. The van der Waals surface area contributed by atoms with Crippen molar-refractivity contribution in [1.82, 2.24) is 5.32 Å². The van der Waals surface area contributed by atoms with Crippen LogP contribution in [-0.4, -0.2) is 13.7 Å². The van der Waals surface area contributed by atoms with E-state index in [1.165, 1.54) is 12.1 Å². The maximum absolute atomic E-state index is 12.7. The number of hydrogen-bond acceptors (Lipinski definition) is 2. The van der Waals surface area contributed by atoms with Crippen LogP contribution in [-0.2, 0) is 23.9 Å². The van der Waals surface area contributed by atoms with Crippen LogP contribution in [0, 0.1) is 0 Å². The SMILES string of the molecule is CCC(OC)c1ccc(CNCCc2cccc(C(F)(F)F)c2)cc1Cl. The van der Waals surface area contributed by atoms with Gasteiger partial charge in [0.05, 0.1) is 11.7 Å². The first-order valence-corrected chi connectivity index (χ1v) is 8.91. The standard InChI is InChI=1S/C20H23ClF3NO/c1-3-19(26-2)17-8-7-15(12-18(17)21)13-25-10-9-14-5-4-6-16(11-14)20(22,23)24/h4-8,11-12,19,25H,3,9-10,13H2,1-2H3. The fraction of sp³-hybridized carbons (Fsp3) is 0.400. The Bertz CT molecular complexity index is 714. The van der Waals surface area contributed by atoms with Crippen molar-refractivity contribution in [3.05, 3.63) is 69.7 Å². The van der Waals surface area contributed by atoms with Crippen molar-refractivity contribution in [2.45, 2.75) is 38.6 Å². The zero-order valence-corrected chi connectivity index (χ0v) is 15.6. The van der Waals surface area contributed by atoms with Gasteiger partial charge in [-0.25, -0.2) is 0 Å². The molecule has 2 nitrogen and oxygen atoms in total. The molecule has 0 radical (unpaired) electrons. The van der Waals surface area contributed by atoms with Crippen LogP contribution >= 0.6 is 11.6 Å². The summed E-state index contributed by atoms with van der Waals surface area (Å²) in [6.45, 7) is 3.22. The lowest BCUT2D eigenvalue weighted by molar-refractivity contribution is -0.137. The Labute approximate surface area is 157 Å². The van der Waals surface area contributed by atoms with E-state index in [0.717, 1.165) is 23.6 Å². The summed E-state index contributed by atoms with van der Waals surface area (Å²) >= 11 is 6.34. The van der Waals surface area contributed by atoms with Crippen LogP contribution in [0.4, 0.5) is 13.2 Å². The third kappa shape index (κ3) is 5.73. The van der Waals surface area contributed by atoms with Gasteiger partial charge in [0.25, 0.3) is 0 Å². The van der Waals surface area contributed by atoms with Gasteiger partial charge in [-0.2, -0.15) is 13.2 Å². The van der Waals surface area contributed by atoms with Gasteiger partial charge in [-0.3, -0.25) is 0 Å². The second-order valence-corrected chi connectivity index (χ2v) is 6.52. The molecular formula is C20H23ClF3NO. The van der Waals surface area contributed by atoms with Crippen LogP contribution in [0.15, 0.2) is 42.5 Å². The van der Waals surface area contributed by atoms with Crippen molar-refractivity contribution in [3.63, 3.8) is 0 Å². The molecule has 0 aromatic heterocycles. The van der Waals surface area contributed by atoms with E-state index in [2.05, 4.69) is 5.32 Å². The van der Waals surface area contributed by atoms with Crippen molar-refractivity contribution in [3.8, 4) is 0 Å². The molecule has 0 saturated heterocycles. The summed E-state index contributed by atoms with van der Waals surface area (Å²) in [7, 11) is 1.66. The molecule has 0 aliphatic carbocycles.